The van der Waals surface area contributed by atoms with E-state index >= 15 is 0 Å². The summed E-state index contributed by atoms with van der Waals surface area (Å²) >= 11 is 4.12. The highest BCUT2D eigenvalue weighted by Crippen LogP contribution is 2.24. The highest BCUT2D eigenvalue weighted by Gasteiger charge is 2.21. The SMILES string of the molecule is O=C(NCCS)C(c1ccccc1)c1ccccc1. The lowest BCUT2D eigenvalue weighted by Gasteiger charge is -2.17. The fourth-order valence-electron chi connectivity index (χ4n) is 2.07. The zero-order valence-corrected chi connectivity index (χ0v) is 11.5. The minimum absolute atomic E-state index is 0.0199. The van der Waals surface area contributed by atoms with E-state index in [0.29, 0.717) is 12.3 Å². The summed E-state index contributed by atoms with van der Waals surface area (Å²) in [6, 6.07) is 19.7. The number of hydrogen-bond donors (Lipinski definition) is 2. The standard InChI is InChI=1S/C16H17NOS/c18-16(17-11-12-19)15(13-7-3-1-4-8-13)14-9-5-2-6-10-14/h1-10,15,19H,11-12H2,(H,17,18). The van der Waals surface area contributed by atoms with E-state index in [0.717, 1.165) is 11.1 Å². The van der Waals surface area contributed by atoms with Crippen molar-refractivity contribution in [2.45, 2.75) is 5.92 Å². The van der Waals surface area contributed by atoms with Crippen LogP contribution in [0.4, 0.5) is 0 Å². The molecule has 0 aliphatic heterocycles. The fraction of sp³-hybridized carbons (Fsp3) is 0.188. The number of benzene rings is 2. The molecule has 3 heteroatoms. The lowest BCUT2D eigenvalue weighted by molar-refractivity contribution is -0.121. The first-order valence-corrected chi connectivity index (χ1v) is 6.94. The Bertz CT molecular complexity index is 473. The molecule has 0 unspecified atom stereocenters. The van der Waals surface area contributed by atoms with Gasteiger partial charge in [-0.2, -0.15) is 12.6 Å². The van der Waals surface area contributed by atoms with E-state index in [9.17, 15) is 4.79 Å². The van der Waals surface area contributed by atoms with Gasteiger partial charge in [-0.05, 0) is 11.1 Å². The fourth-order valence-corrected chi connectivity index (χ4v) is 2.18. The molecule has 1 N–H and O–H groups in total. The smallest absolute Gasteiger partial charge is 0.232 e. The minimum atomic E-state index is -0.262. The summed E-state index contributed by atoms with van der Waals surface area (Å²) in [5.41, 5.74) is 2.01. The van der Waals surface area contributed by atoms with Crippen LogP contribution >= 0.6 is 12.6 Å². The highest BCUT2D eigenvalue weighted by atomic mass is 32.1. The lowest BCUT2D eigenvalue weighted by atomic mass is 9.90. The first-order valence-electron chi connectivity index (χ1n) is 6.31. The Labute approximate surface area is 119 Å². The molecule has 0 aliphatic carbocycles. The van der Waals surface area contributed by atoms with Crippen LogP contribution in [0.2, 0.25) is 0 Å². The molecule has 0 bridgehead atoms. The molecule has 0 saturated carbocycles. The Morgan fingerprint density at radius 2 is 1.42 bits per heavy atom. The van der Waals surface area contributed by atoms with Gasteiger partial charge < -0.3 is 5.32 Å². The number of thiol groups is 1. The van der Waals surface area contributed by atoms with Crippen LogP contribution in [-0.4, -0.2) is 18.2 Å². The van der Waals surface area contributed by atoms with Gasteiger partial charge in [0.15, 0.2) is 0 Å². The molecule has 0 aromatic heterocycles. The molecule has 98 valence electrons. The molecule has 2 rings (SSSR count). The first-order chi connectivity index (χ1) is 9.33. The Balaban J connectivity index is 2.31. The molecule has 0 fully saturated rings. The number of amides is 1. The van der Waals surface area contributed by atoms with Crippen LogP contribution in [0.25, 0.3) is 0 Å². The van der Waals surface area contributed by atoms with Crippen molar-refractivity contribution < 1.29 is 4.79 Å². The lowest BCUT2D eigenvalue weighted by Crippen LogP contribution is -2.31. The quantitative estimate of drug-likeness (QED) is 0.805. The van der Waals surface area contributed by atoms with Gasteiger partial charge in [-0.3, -0.25) is 4.79 Å². The average molecular weight is 271 g/mol. The summed E-state index contributed by atoms with van der Waals surface area (Å²) in [5, 5.41) is 2.91. The molecule has 1 amide bonds. The van der Waals surface area contributed by atoms with Crippen molar-refractivity contribution in [2.24, 2.45) is 0 Å². The molecule has 0 heterocycles. The van der Waals surface area contributed by atoms with Crippen molar-refractivity contribution >= 4 is 18.5 Å². The molecule has 0 atom stereocenters. The van der Waals surface area contributed by atoms with Crippen LogP contribution in [0, 0.1) is 0 Å². The van der Waals surface area contributed by atoms with Gasteiger partial charge in [0.1, 0.15) is 0 Å². The first kappa shape index (κ1) is 13.7. The molecule has 2 aromatic carbocycles. The molecule has 2 aromatic rings. The van der Waals surface area contributed by atoms with Crippen molar-refractivity contribution in [1.29, 1.82) is 0 Å². The van der Waals surface area contributed by atoms with E-state index in [-0.39, 0.29) is 11.8 Å². The predicted molar refractivity (Wildman–Crippen MR) is 81.6 cm³/mol. The summed E-state index contributed by atoms with van der Waals surface area (Å²) < 4.78 is 0. The molecule has 2 nitrogen and oxygen atoms in total. The summed E-state index contributed by atoms with van der Waals surface area (Å²) in [4.78, 5) is 12.4. The van der Waals surface area contributed by atoms with Crippen LogP contribution in [0.1, 0.15) is 17.0 Å². The van der Waals surface area contributed by atoms with Crippen molar-refractivity contribution in [1.82, 2.24) is 5.32 Å². The van der Waals surface area contributed by atoms with Gasteiger partial charge in [0, 0.05) is 12.3 Å². The molecule has 0 saturated heterocycles. The Morgan fingerprint density at radius 1 is 0.947 bits per heavy atom. The second-order valence-electron chi connectivity index (χ2n) is 4.27. The topological polar surface area (TPSA) is 29.1 Å². The van der Waals surface area contributed by atoms with Crippen molar-refractivity contribution in [2.75, 3.05) is 12.3 Å². The van der Waals surface area contributed by atoms with Crippen molar-refractivity contribution in [3.63, 3.8) is 0 Å². The third-order valence-electron chi connectivity index (χ3n) is 2.94. The predicted octanol–water partition coefficient (Wildman–Crippen LogP) is 2.86. The van der Waals surface area contributed by atoms with E-state index < -0.39 is 0 Å². The normalized spacial score (nSPS) is 10.4. The number of nitrogens with one attached hydrogen (secondary N) is 1. The Kier molecular flexibility index (Phi) is 5.04. The summed E-state index contributed by atoms with van der Waals surface area (Å²) in [6.45, 7) is 0.581. The Morgan fingerprint density at radius 3 is 1.84 bits per heavy atom. The van der Waals surface area contributed by atoms with Gasteiger partial charge in [0.05, 0.1) is 5.92 Å². The summed E-state index contributed by atoms with van der Waals surface area (Å²) in [7, 11) is 0. The second-order valence-corrected chi connectivity index (χ2v) is 4.72. The maximum absolute atomic E-state index is 12.4. The number of rotatable bonds is 5. The van der Waals surface area contributed by atoms with Gasteiger partial charge >= 0.3 is 0 Å². The largest absolute Gasteiger partial charge is 0.354 e. The zero-order chi connectivity index (χ0) is 13.5. The zero-order valence-electron chi connectivity index (χ0n) is 10.6. The van der Waals surface area contributed by atoms with E-state index in [1.807, 2.05) is 60.7 Å². The monoisotopic (exact) mass is 271 g/mol. The van der Waals surface area contributed by atoms with Crippen LogP contribution in [0.3, 0.4) is 0 Å². The van der Waals surface area contributed by atoms with Crippen LogP contribution in [-0.2, 0) is 4.79 Å². The molecule has 0 radical (unpaired) electrons. The van der Waals surface area contributed by atoms with E-state index in [2.05, 4.69) is 17.9 Å². The van der Waals surface area contributed by atoms with Crippen LogP contribution in [0.5, 0.6) is 0 Å². The van der Waals surface area contributed by atoms with Gasteiger partial charge in [-0.15, -0.1) is 0 Å². The average Bonchev–Trinajstić information content (AvgIpc) is 2.47. The third-order valence-corrected chi connectivity index (χ3v) is 3.16. The Hall–Kier alpha value is -1.74. The molecular formula is C16H17NOS. The number of carbonyl (C=O) groups excluding carboxylic acids is 1. The van der Waals surface area contributed by atoms with Crippen LogP contribution < -0.4 is 5.32 Å². The number of hydrogen-bond acceptors (Lipinski definition) is 2. The minimum Gasteiger partial charge on any atom is -0.354 e. The third kappa shape index (κ3) is 3.61. The maximum atomic E-state index is 12.4. The molecule has 0 aliphatic rings. The highest BCUT2D eigenvalue weighted by molar-refractivity contribution is 7.80. The molecule has 19 heavy (non-hydrogen) atoms. The van der Waals surface area contributed by atoms with Gasteiger partial charge in [-0.1, -0.05) is 60.7 Å². The molecule has 0 spiro atoms. The molecular weight excluding hydrogens is 254 g/mol. The summed E-state index contributed by atoms with van der Waals surface area (Å²) in [6.07, 6.45) is 0. The maximum Gasteiger partial charge on any atom is 0.232 e. The van der Waals surface area contributed by atoms with Gasteiger partial charge in [0.25, 0.3) is 0 Å². The van der Waals surface area contributed by atoms with E-state index in [1.54, 1.807) is 0 Å². The van der Waals surface area contributed by atoms with Crippen molar-refractivity contribution in [3.8, 4) is 0 Å². The van der Waals surface area contributed by atoms with Crippen LogP contribution in [0.15, 0.2) is 60.7 Å². The summed E-state index contributed by atoms with van der Waals surface area (Å²) in [5.74, 6) is 0.399. The van der Waals surface area contributed by atoms with Gasteiger partial charge in [0.2, 0.25) is 5.91 Å². The van der Waals surface area contributed by atoms with E-state index in [1.165, 1.54) is 0 Å². The second kappa shape index (κ2) is 7.00. The van der Waals surface area contributed by atoms with E-state index in [4.69, 9.17) is 0 Å². The van der Waals surface area contributed by atoms with Crippen molar-refractivity contribution in [3.05, 3.63) is 71.8 Å². The number of carbonyl (C=O) groups is 1. The van der Waals surface area contributed by atoms with Gasteiger partial charge in [-0.25, -0.2) is 0 Å².